The second-order valence-electron chi connectivity index (χ2n) is 3.81. The highest BCUT2D eigenvalue weighted by molar-refractivity contribution is 5.93. The number of aromatic amines is 1. The molecule has 17 heavy (non-hydrogen) atoms. The highest BCUT2D eigenvalue weighted by Crippen LogP contribution is 1.94. The molecule has 0 spiro atoms. The summed E-state index contributed by atoms with van der Waals surface area (Å²) in [5.74, 6) is 2.19. The molecule has 1 aromatic heterocycles. The number of unbranched alkanes of at least 4 members (excludes halogenated alkanes) is 2. The molecule has 0 aromatic carbocycles. The van der Waals surface area contributed by atoms with Gasteiger partial charge in [0.15, 0.2) is 5.43 Å². The van der Waals surface area contributed by atoms with Crippen LogP contribution in [0.1, 0.15) is 35.3 Å². The molecule has 0 atom stereocenters. The maximum absolute atomic E-state index is 11.6. The minimum Gasteiger partial charge on any atom is -0.364 e. The Balaban J connectivity index is 2.48. The molecule has 90 valence electrons. The molecule has 1 amide bonds. The standard InChI is InChI=1S/C13H16N2O2/c1-3-4-5-6-7-14-13(17)11-9-15-10(2)8-12(11)16/h1,8-9H,4-7H2,2H3,(H,14,17)(H,15,16). The van der Waals surface area contributed by atoms with Gasteiger partial charge in [0.25, 0.3) is 5.91 Å². The Kier molecular flexibility index (Phi) is 5.02. The van der Waals surface area contributed by atoms with Crippen LogP contribution in [0.4, 0.5) is 0 Å². The van der Waals surface area contributed by atoms with E-state index in [2.05, 4.69) is 16.2 Å². The van der Waals surface area contributed by atoms with Crippen molar-refractivity contribution in [3.05, 3.63) is 33.7 Å². The Morgan fingerprint density at radius 3 is 2.94 bits per heavy atom. The van der Waals surface area contributed by atoms with Crippen molar-refractivity contribution in [2.24, 2.45) is 0 Å². The average Bonchev–Trinajstić information content (AvgIpc) is 2.28. The normalized spacial score (nSPS) is 9.65. The Morgan fingerprint density at radius 1 is 1.53 bits per heavy atom. The SMILES string of the molecule is C#CCCCCNC(=O)c1c[nH]c(C)cc1=O. The first-order valence-electron chi connectivity index (χ1n) is 5.56. The van der Waals surface area contributed by atoms with Gasteiger partial charge >= 0.3 is 0 Å². The van der Waals surface area contributed by atoms with Gasteiger partial charge in [0.05, 0.1) is 0 Å². The quantitative estimate of drug-likeness (QED) is 0.592. The van der Waals surface area contributed by atoms with Crippen LogP contribution in [-0.2, 0) is 0 Å². The molecule has 0 aliphatic heterocycles. The van der Waals surface area contributed by atoms with E-state index in [4.69, 9.17) is 6.42 Å². The number of rotatable bonds is 5. The van der Waals surface area contributed by atoms with E-state index < -0.39 is 0 Å². The van der Waals surface area contributed by atoms with Gasteiger partial charge < -0.3 is 10.3 Å². The highest BCUT2D eigenvalue weighted by atomic mass is 16.2. The molecule has 0 saturated carbocycles. The molecule has 0 unspecified atom stereocenters. The number of amides is 1. The summed E-state index contributed by atoms with van der Waals surface area (Å²) in [5, 5.41) is 2.69. The number of carbonyl (C=O) groups is 1. The van der Waals surface area contributed by atoms with E-state index in [9.17, 15) is 9.59 Å². The van der Waals surface area contributed by atoms with Gasteiger partial charge in [-0.2, -0.15) is 0 Å². The Bertz CT molecular complexity index is 483. The second-order valence-corrected chi connectivity index (χ2v) is 3.81. The molecule has 2 N–H and O–H groups in total. The third-order valence-corrected chi connectivity index (χ3v) is 2.34. The topological polar surface area (TPSA) is 62.0 Å². The van der Waals surface area contributed by atoms with Crippen molar-refractivity contribution in [2.45, 2.75) is 26.2 Å². The zero-order chi connectivity index (χ0) is 12.7. The minimum atomic E-state index is -0.341. The summed E-state index contributed by atoms with van der Waals surface area (Å²) in [5.41, 5.74) is 0.621. The third kappa shape index (κ3) is 4.15. The molecule has 4 nitrogen and oxygen atoms in total. The predicted octanol–water partition coefficient (Wildman–Crippen LogP) is 1.22. The van der Waals surface area contributed by atoms with Crippen molar-refractivity contribution in [3.63, 3.8) is 0 Å². The summed E-state index contributed by atoms with van der Waals surface area (Å²) in [4.78, 5) is 26.0. The predicted molar refractivity (Wildman–Crippen MR) is 66.8 cm³/mol. The van der Waals surface area contributed by atoms with Gasteiger partial charge in [-0.3, -0.25) is 9.59 Å². The number of aromatic nitrogens is 1. The van der Waals surface area contributed by atoms with Gasteiger partial charge in [0.2, 0.25) is 0 Å². The maximum Gasteiger partial charge on any atom is 0.256 e. The van der Waals surface area contributed by atoms with Crippen molar-refractivity contribution in [2.75, 3.05) is 6.54 Å². The van der Waals surface area contributed by atoms with Crippen molar-refractivity contribution in [1.82, 2.24) is 10.3 Å². The molecule has 0 aliphatic carbocycles. The Hall–Kier alpha value is -2.02. The zero-order valence-electron chi connectivity index (χ0n) is 9.88. The number of pyridine rings is 1. The van der Waals surface area contributed by atoms with E-state index in [0.717, 1.165) is 18.5 Å². The van der Waals surface area contributed by atoms with Crippen LogP contribution in [0.15, 0.2) is 17.1 Å². The average molecular weight is 232 g/mol. The molecule has 4 heteroatoms. The monoisotopic (exact) mass is 232 g/mol. The fourth-order valence-corrected chi connectivity index (χ4v) is 1.40. The van der Waals surface area contributed by atoms with Crippen molar-refractivity contribution in [1.29, 1.82) is 0 Å². The van der Waals surface area contributed by atoms with E-state index in [1.54, 1.807) is 6.92 Å². The molecule has 1 rings (SSSR count). The number of terminal acetylenes is 1. The van der Waals surface area contributed by atoms with E-state index >= 15 is 0 Å². The van der Waals surface area contributed by atoms with E-state index in [0.29, 0.717) is 13.0 Å². The summed E-state index contributed by atoms with van der Waals surface area (Å²) in [6.07, 6.45) is 8.96. The molecule has 0 saturated heterocycles. The Labute approximate surface area is 100 Å². The van der Waals surface area contributed by atoms with Crippen LogP contribution in [0.3, 0.4) is 0 Å². The van der Waals surface area contributed by atoms with E-state index in [-0.39, 0.29) is 16.9 Å². The number of hydrogen-bond donors (Lipinski definition) is 2. The first-order valence-corrected chi connectivity index (χ1v) is 5.56. The lowest BCUT2D eigenvalue weighted by atomic mass is 10.2. The number of nitrogens with one attached hydrogen (secondary N) is 2. The highest BCUT2D eigenvalue weighted by Gasteiger charge is 2.08. The summed E-state index contributed by atoms with van der Waals surface area (Å²) < 4.78 is 0. The smallest absolute Gasteiger partial charge is 0.256 e. The van der Waals surface area contributed by atoms with Crippen LogP contribution in [0, 0.1) is 19.3 Å². The molecular weight excluding hydrogens is 216 g/mol. The van der Waals surface area contributed by atoms with E-state index in [1.165, 1.54) is 12.3 Å². The van der Waals surface area contributed by atoms with Gasteiger partial charge in [-0.1, -0.05) is 0 Å². The van der Waals surface area contributed by atoms with Crippen LogP contribution in [0.5, 0.6) is 0 Å². The van der Waals surface area contributed by atoms with Crippen LogP contribution in [0.2, 0.25) is 0 Å². The van der Waals surface area contributed by atoms with Gasteiger partial charge in [-0.15, -0.1) is 12.3 Å². The summed E-state index contributed by atoms with van der Waals surface area (Å²) in [6, 6.07) is 1.41. The molecule has 0 fully saturated rings. The van der Waals surface area contributed by atoms with Crippen LogP contribution < -0.4 is 10.7 Å². The number of hydrogen-bond acceptors (Lipinski definition) is 2. The molecular formula is C13H16N2O2. The summed E-state index contributed by atoms with van der Waals surface area (Å²) >= 11 is 0. The molecule has 1 heterocycles. The van der Waals surface area contributed by atoms with Gasteiger partial charge in [-0.05, 0) is 19.8 Å². The van der Waals surface area contributed by atoms with Crippen LogP contribution in [-0.4, -0.2) is 17.4 Å². The maximum atomic E-state index is 11.6. The lowest BCUT2D eigenvalue weighted by Crippen LogP contribution is -2.29. The van der Waals surface area contributed by atoms with Crippen molar-refractivity contribution >= 4 is 5.91 Å². The van der Waals surface area contributed by atoms with Crippen LogP contribution >= 0.6 is 0 Å². The summed E-state index contributed by atoms with van der Waals surface area (Å²) in [6.45, 7) is 2.30. The molecule has 0 aliphatic rings. The molecule has 1 aromatic rings. The second kappa shape index (κ2) is 6.54. The fourth-order valence-electron chi connectivity index (χ4n) is 1.40. The van der Waals surface area contributed by atoms with E-state index in [1.807, 2.05) is 0 Å². The summed E-state index contributed by atoms with van der Waals surface area (Å²) in [7, 11) is 0. The fraction of sp³-hybridized carbons (Fsp3) is 0.385. The number of aryl methyl sites for hydroxylation is 1. The Morgan fingerprint density at radius 2 is 2.29 bits per heavy atom. The van der Waals surface area contributed by atoms with Gasteiger partial charge in [0, 0.05) is 30.9 Å². The lowest BCUT2D eigenvalue weighted by Gasteiger charge is -2.04. The van der Waals surface area contributed by atoms with Crippen molar-refractivity contribution in [3.8, 4) is 12.3 Å². The number of carbonyl (C=O) groups excluding carboxylic acids is 1. The lowest BCUT2D eigenvalue weighted by molar-refractivity contribution is 0.0951. The third-order valence-electron chi connectivity index (χ3n) is 2.34. The number of H-pyrrole nitrogens is 1. The van der Waals surface area contributed by atoms with Crippen LogP contribution in [0.25, 0.3) is 0 Å². The van der Waals surface area contributed by atoms with Gasteiger partial charge in [0.1, 0.15) is 5.56 Å². The minimum absolute atomic E-state index is 0.146. The first-order chi connectivity index (χ1) is 8.15. The zero-order valence-corrected chi connectivity index (χ0v) is 9.88. The van der Waals surface area contributed by atoms with Gasteiger partial charge in [-0.25, -0.2) is 0 Å². The largest absolute Gasteiger partial charge is 0.364 e. The molecule has 0 bridgehead atoms. The molecule has 0 radical (unpaired) electrons. The first kappa shape index (κ1) is 13.0. The van der Waals surface area contributed by atoms with Crippen molar-refractivity contribution < 1.29 is 4.79 Å².